The van der Waals surface area contributed by atoms with Crippen molar-refractivity contribution in [2.75, 3.05) is 0 Å². The Labute approximate surface area is 66.4 Å². The molecule has 0 bridgehead atoms. The second-order valence-electron chi connectivity index (χ2n) is 2.53. The van der Waals surface area contributed by atoms with Crippen molar-refractivity contribution < 1.29 is 15.0 Å². The minimum absolute atomic E-state index is 0.0869. The summed E-state index contributed by atoms with van der Waals surface area (Å²) in [5, 5.41) is 17.4. The van der Waals surface area contributed by atoms with E-state index in [-0.39, 0.29) is 5.92 Å². The first-order valence-corrected chi connectivity index (χ1v) is 3.67. The third kappa shape index (κ3) is 4.56. The van der Waals surface area contributed by atoms with E-state index in [0.717, 1.165) is 6.08 Å². The highest BCUT2D eigenvalue weighted by atomic mass is 16.4. The summed E-state index contributed by atoms with van der Waals surface area (Å²) in [6.45, 7) is 3.64. The highest BCUT2D eigenvalue weighted by Crippen LogP contribution is 2.07. The third-order valence-electron chi connectivity index (χ3n) is 1.57. The summed E-state index contributed by atoms with van der Waals surface area (Å²) in [6.07, 6.45) is 2.76. The minimum Gasteiger partial charge on any atom is -0.478 e. The molecule has 0 aromatic rings. The molecular weight excluding hydrogens is 144 g/mol. The molecule has 2 atom stereocenters. The van der Waals surface area contributed by atoms with E-state index in [1.807, 2.05) is 6.92 Å². The van der Waals surface area contributed by atoms with Crippen LogP contribution in [0.25, 0.3) is 0 Å². The van der Waals surface area contributed by atoms with E-state index in [0.29, 0.717) is 6.42 Å². The van der Waals surface area contributed by atoms with Gasteiger partial charge < -0.3 is 10.2 Å². The van der Waals surface area contributed by atoms with Crippen LogP contribution in [0, 0.1) is 5.92 Å². The van der Waals surface area contributed by atoms with Gasteiger partial charge in [-0.25, -0.2) is 4.79 Å². The molecule has 0 rings (SSSR count). The fourth-order valence-electron chi connectivity index (χ4n) is 0.734. The first-order chi connectivity index (χ1) is 5.07. The molecule has 3 nitrogen and oxygen atoms in total. The van der Waals surface area contributed by atoms with Crippen LogP contribution >= 0.6 is 0 Å². The van der Waals surface area contributed by atoms with Gasteiger partial charge in [0.15, 0.2) is 0 Å². The van der Waals surface area contributed by atoms with Crippen LogP contribution in [-0.4, -0.2) is 22.3 Å². The fraction of sp³-hybridized carbons (Fsp3) is 0.625. The summed E-state index contributed by atoms with van der Waals surface area (Å²) < 4.78 is 0. The number of rotatable bonds is 4. The number of aliphatic carboxylic acids is 1. The van der Waals surface area contributed by atoms with E-state index in [2.05, 4.69) is 0 Å². The van der Waals surface area contributed by atoms with Gasteiger partial charge in [-0.1, -0.05) is 19.9 Å². The molecule has 0 unspecified atom stereocenters. The smallest absolute Gasteiger partial charge is 0.327 e. The van der Waals surface area contributed by atoms with E-state index in [1.54, 1.807) is 6.92 Å². The zero-order valence-corrected chi connectivity index (χ0v) is 6.82. The molecule has 0 spiro atoms. The zero-order valence-electron chi connectivity index (χ0n) is 6.82. The molecule has 0 heterocycles. The quantitative estimate of drug-likeness (QED) is 0.601. The molecule has 11 heavy (non-hydrogen) atoms. The first kappa shape index (κ1) is 10.2. The molecule has 0 saturated carbocycles. The Morgan fingerprint density at radius 3 is 2.55 bits per heavy atom. The monoisotopic (exact) mass is 158 g/mol. The van der Waals surface area contributed by atoms with Gasteiger partial charge in [0.2, 0.25) is 0 Å². The summed E-state index contributed by atoms with van der Waals surface area (Å²) in [4.78, 5) is 10.0. The van der Waals surface area contributed by atoms with Crippen LogP contribution in [0.4, 0.5) is 0 Å². The predicted octanol–water partition coefficient (Wildman–Crippen LogP) is 1.03. The Morgan fingerprint density at radius 2 is 2.18 bits per heavy atom. The standard InChI is InChI=1S/C8H14O3/c1-3-7(9)6(2)4-5-8(10)11/h4-7,9H,3H2,1-2H3,(H,10,11)/b5-4+/t6-,7-/m0/s1. The number of carbonyl (C=O) groups is 1. The fourth-order valence-corrected chi connectivity index (χ4v) is 0.734. The van der Waals surface area contributed by atoms with Gasteiger partial charge >= 0.3 is 5.97 Å². The van der Waals surface area contributed by atoms with Crippen LogP contribution in [-0.2, 0) is 4.79 Å². The van der Waals surface area contributed by atoms with Gasteiger partial charge in [0.25, 0.3) is 0 Å². The van der Waals surface area contributed by atoms with Crippen molar-refractivity contribution in [2.45, 2.75) is 26.4 Å². The van der Waals surface area contributed by atoms with Crippen LogP contribution in [0.5, 0.6) is 0 Å². The molecule has 0 saturated heterocycles. The van der Waals surface area contributed by atoms with Crippen molar-refractivity contribution in [3.8, 4) is 0 Å². The number of aliphatic hydroxyl groups excluding tert-OH is 1. The van der Waals surface area contributed by atoms with Crippen LogP contribution < -0.4 is 0 Å². The van der Waals surface area contributed by atoms with Crippen molar-refractivity contribution in [2.24, 2.45) is 5.92 Å². The average molecular weight is 158 g/mol. The second kappa shape index (κ2) is 4.91. The molecule has 64 valence electrons. The van der Waals surface area contributed by atoms with Crippen molar-refractivity contribution in [1.82, 2.24) is 0 Å². The van der Waals surface area contributed by atoms with Crippen LogP contribution in [0.3, 0.4) is 0 Å². The lowest BCUT2D eigenvalue weighted by Crippen LogP contribution is -2.14. The lowest BCUT2D eigenvalue weighted by atomic mass is 10.0. The van der Waals surface area contributed by atoms with E-state index in [9.17, 15) is 9.90 Å². The molecule has 0 fully saturated rings. The van der Waals surface area contributed by atoms with Crippen LogP contribution in [0.2, 0.25) is 0 Å². The lowest BCUT2D eigenvalue weighted by molar-refractivity contribution is -0.131. The van der Waals surface area contributed by atoms with Crippen LogP contribution in [0.1, 0.15) is 20.3 Å². The highest BCUT2D eigenvalue weighted by Gasteiger charge is 2.07. The molecule has 0 amide bonds. The summed E-state index contributed by atoms with van der Waals surface area (Å²) >= 11 is 0. The summed E-state index contributed by atoms with van der Waals surface area (Å²) in [5.74, 6) is -1.06. The Bertz CT molecular complexity index is 151. The molecule has 0 aliphatic heterocycles. The first-order valence-electron chi connectivity index (χ1n) is 3.67. The summed E-state index contributed by atoms with van der Waals surface area (Å²) in [7, 11) is 0. The molecule has 2 N–H and O–H groups in total. The lowest BCUT2D eigenvalue weighted by Gasteiger charge is -2.11. The number of carboxylic acid groups (broad SMARTS) is 1. The zero-order chi connectivity index (χ0) is 8.85. The van der Waals surface area contributed by atoms with Gasteiger partial charge in [-0.2, -0.15) is 0 Å². The third-order valence-corrected chi connectivity index (χ3v) is 1.57. The van der Waals surface area contributed by atoms with Crippen molar-refractivity contribution in [3.63, 3.8) is 0 Å². The maximum Gasteiger partial charge on any atom is 0.327 e. The Hall–Kier alpha value is -0.830. The van der Waals surface area contributed by atoms with E-state index >= 15 is 0 Å². The minimum atomic E-state index is -0.972. The van der Waals surface area contributed by atoms with E-state index in [1.165, 1.54) is 6.08 Å². The van der Waals surface area contributed by atoms with Crippen molar-refractivity contribution >= 4 is 5.97 Å². The Balaban J connectivity index is 3.85. The van der Waals surface area contributed by atoms with Crippen molar-refractivity contribution in [3.05, 3.63) is 12.2 Å². The van der Waals surface area contributed by atoms with Gasteiger partial charge in [-0.3, -0.25) is 0 Å². The van der Waals surface area contributed by atoms with Gasteiger partial charge in [0, 0.05) is 12.0 Å². The molecule has 0 aliphatic rings. The van der Waals surface area contributed by atoms with Gasteiger partial charge in [-0.15, -0.1) is 0 Å². The predicted molar refractivity (Wildman–Crippen MR) is 42.2 cm³/mol. The molecule has 0 aliphatic carbocycles. The number of aliphatic hydroxyl groups is 1. The largest absolute Gasteiger partial charge is 0.478 e. The van der Waals surface area contributed by atoms with Gasteiger partial charge in [-0.05, 0) is 6.42 Å². The summed E-state index contributed by atoms with van der Waals surface area (Å²) in [6, 6.07) is 0. The van der Waals surface area contributed by atoms with Crippen molar-refractivity contribution in [1.29, 1.82) is 0 Å². The topological polar surface area (TPSA) is 57.5 Å². The maximum absolute atomic E-state index is 10.0. The molecule has 0 aromatic heterocycles. The number of hydrogen-bond donors (Lipinski definition) is 2. The highest BCUT2D eigenvalue weighted by molar-refractivity contribution is 5.79. The number of hydrogen-bond acceptors (Lipinski definition) is 2. The average Bonchev–Trinajstić information content (AvgIpc) is 1.98. The normalized spacial score (nSPS) is 16.6. The number of carboxylic acids is 1. The second-order valence-corrected chi connectivity index (χ2v) is 2.53. The molecule has 3 heteroatoms. The maximum atomic E-state index is 10.0. The van der Waals surface area contributed by atoms with Gasteiger partial charge in [0.05, 0.1) is 6.10 Å². The molecule has 0 radical (unpaired) electrons. The summed E-state index contributed by atoms with van der Waals surface area (Å²) in [5.41, 5.74) is 0. The van der Waals surface area contributed by atoms with Gasteiger partial charge in [0.1, 0.15) is 0 Å². The SMILES string of the molecule is CC[C@H](O)[C@@H](C)/C=C/C(=O)O. The Kier molecular flexibility index (Phi) is 4.54. The van der Waals surface area contributed by atoms with Crippen LogP contribution in [0.15, 0.2) is 12.2 Å². The molecule has 0 aromatic carbocycles. The van der Waals surface area contributed by atoms with E-state index in [4.69, 9.17) is 5.11 Å². The molecular formula is C8H14O3. The Morgan fingerprint density at radius 1 is 1.64 bits per heavy atom. The van der Waals surface area contributed by atoms with E-state index < -0.39 is 12.1 Å².